The maximum absolute atomic E-state index is 12.4. The lowest BCUT2D eigenvalue weighted by atomic mass is 9.88. The normalized spacial score (nSPS) is 11.0. The summed E-state index contributed by atoms with van der Waals surface area (Å²) in [6, 6.07) is 5.30. The summed E-state index contributed by atoms with van der Waals surface area (Å²) >= 11 is 0. The van der Waals surface area contributed by atoms with Gasteiger partial charge in [-0.05, 0) is 25.0 Å². The Morgan fingerprint density at radius 3 is 2.04 bits per heavy atom. The second kappa shape index (κ2) is 8.41. The van der Waals surface area contributed by atoms with Gasteiger partial charge >= 0.3 is 5.97 Å². The first kappa shape index (κ1) is 18.8. The number of rotatable bonds is 9. The predicted molar refractivity (Wildman–Crippen MR) is 87.0 cm³/mol. The van der Waals surface area contributed by atoms with Crippen LogP contribution >= 0.6 is 0 Å². The number of ether oxygens (including phenoxy) is 2. The second-order valence-corrected chi connectivity index (χ2v) is 5.42. The minimum absolute atomic E-state index is 0.0640. The lowest BCUT2D eigenvalue weighted by Crippen LogP contribution is -2.49. The molecule has 0 saturated heterocycles. The Balaban J connectivity index is 2.97. The Bertz CT molecular complexity index is 530. The fourth-order valence-corrected chi connectivity index (χ4v) is 2.61. The van der Waals surface area contributed by atoms with Crippen molar-refractivity contribution in [1.29, 1.82) is 0 Å². The molecule has 0 aromatic heterocycles. The Kier molecular flexibility index (Phi) is 6.88. The number of benzene rings is 1. The van der Waals surface area contributed by atoms with Crippen LogP contribution in [-0.4, -0.2) is 36.7 Å². The highest BCUT2D eigenvalue weighted by Gasteiger charge is 2.31. The molecule has 128 valence electrons. The number of carbonyl (C=O) groups excluding carboxylic acids is 1. The maximum atomic E-state index is 12.4. The van der Waals surface area contributed by atoms with Crippen molar-refractivity contribution in [2.45, 2.75) is 45.1 Å². The van der Waals surface area contributed by atoms with Crippen molar-refractivity contribution in [2.75, 3.05) is 14.2 Å². The third kappa shape index (κ3) is 4.87. The van der Waals surface area contributed by atoms with Gasteiger partial charge in [0.15, 0.2) is 0 Å². The predicted octanol–water partition coefficient (Wildman–Crippen LogP) is 2.40. The molecule has 6 heteroatoms. The molecule has 0 heterocycles. The van der Waals surface area contributed by atoms with Crippen LogP contribution in [-0.2, 0) is 16.0 Å². The number of hydrogen-bond acceptors (Lipinski definition) is 4. The molecule has 23 heavy (non-hydrogen) atoms. The van der Waals surface area contributed by atoms with E-state index in [0.717, 1.165) is 0 Å². The quantitative estimate of drug-likeness (QED) is 0.729. The monoisotopic (exact) mass is 323 g/mol. The Hall–Kier alpha value is -2.24. The number of carboxylic acids is 1. The summed E-state index contributed by atoms with van der Waals surface area (Å²) in [6.45, 7) is 3.74. The van der Waals surface area contributed by atoms with E-state index in [4.69, 9.17) is 14.6 Å². The first-order chi connectivity index (χ1) is 10.9. The van der Waals surface area contributed by atoms with Gasteiger partial charge in [-0.1, -0.05) is 19.9 Å². The molecule has 0 fully saturated rings. The van der Waals surface area contributed by atoms with Crippen LogP contribution in [0.5, 0.6) is 11.5 Å². The maximum Gasteiger partial charge on any atom is 0.305 e. The smallest absolute Gasteiger partial charge is 0.305 e. The van der Waals surface area contributed by atoms with E-state index in [1.807, 2.05) is 13.8 Å². The standard InChI is InChI=1S/C17H25NO5/c1-5-17(6-2,11-16(20)21)18-15(19)10-12-13(22-3)8-7-9-14(12)23-4/h7-9H,5-6,10-11H2,1-4H3,(H,18,19)(H,20,21). The first-order valence-electron chi connectivity index (χ1n) is 7.64. The van der Waals surface area contributed by atoms with Gasteiger partial charge < -0.3 is 19.9 Å². The minimum atomic E-state index is -0.927. The second-order valence-electron chi connectivity index (χ2n) is 5.42. The van der Waals surface area contributed by atoms with Gasteiger partial charge in [-0.2, -0.15) is 0 Å². The highest BCUT2D eigenvalue weighted by molar-refractivity contribution is 5.82. The molecule has 0 aliphatic rings. The minimum Gasteiger partial charge on any atom is -0.496 e. The summed E-state index contributed by atoms with van der Waals surface area (Å²) in [5, 5.41) is 12.0. The van der Waals surface area contributed by atoms with Crippen LogP contribution in [0.25, 0.3) is 0 Å². The molecule has 1 aromatic rings. The molecule has 0 radical (unpaired) electrons. The number of carbonyl (C=O) groups is 2. The molecule has 0 aliphatic heterocycles. The third-order valence-electron chi connectivity index (χ3n) is 4.11. The molecule has 6 nitrogen and oxygen atoms in total. The van der Waals surface area contributed by atoms with Gasteiger partial charge in [0.1, 0.15) is 11.5 Å². The average molecular weight is 323 g/mol. The van der Waals surface area contributed by atoms with E-state index in [9.17, 15) is 9.59 Å². The molecule has 1 rings (SSSR count). The lowest BCUT2D eigenvalue weighted by molar-refractivity contribution is -0.139. The van der Waals surface area contributed by atoms with Gasteiger partial charge in [0.05, 0.1) is 27.1 Å². The summed E-state index contributed by atoms with van der Waals surface area (Å²) in [5.74, 6) is -0.0470. The number of amides is 1. The van der Waals surface area contributed by atoms with Crippen molar-refractivity contribution in [1.82, 2.24) is 5.32 Å². The molecule has 1 aromatic carbocycles. The van der Waals surface area contributed by atoms with Crippen LogP contribution < -0.4 is 14.8 Å². The highest BCUT2D eigenvalue weighted by Crippen LogP contribution is 2.29. The zero-order chi connectivity index (χ0) is 17.5. The van der Waals surface area contributed by atoms with Crippen molar-refractivity contribution in [3.63, 3.8) is 0 Å². The Morgan fingerprint density at radius 2 is 1.65 bits per heavy atom. The number of aliphatic carboxylic acids is 1. The van der Waals surface area contributed by atoms with Crippen LogP contribution in [0, 0.1) is 0 Å². The van der Waals surface area contributed by atoms with Gasteiger partial charge in [0, 0.05) is 11.1 Å². The molecule has 0 saturated carbocycles. The average Bonchev–Trinajstić information content (AvgIpc) is 2.53. The summed E-state index contributed by atoms with van der Waals surface area (Å²) in [4.78, 5) is 23.5. The van der Waals surface area contributed by atoms with Crippen LogP contribution in [0.3, 0.4) is 0 Å². The van der Waals surface area contributed by atoms with Gasteiger partial charge in [-0.25, -0.2) is 0 Å². The van der Waals surface area contributed by atoms with E-state index in [1.165, 1.54) is 14.2 Å². The number of methoxy groups -OCH3 is 2. The van der Waals surface area contributed by atoms with Crippen molar-refractivity contribution in [2.24, 2.45) is 0 Å². The van der Waals surface area contributed by atoms with E-state index >= 15 is 0 Å². The zero-order valence-corrected chi connectivity index (χ0v) is 14.1. The SMILES string of the molecule is CCC(CC)(CC(=O)O)NC(=O)Cc1c(OC)cccc1OC. The highest BCUT2D eigenvalue weighted by atomic mass is 16.5. The molecular formula is C17H25NO5. The van der Waals surface area contributed by atoms with Gasteiger partial charge in [0.25, 0.3) is 0 Å². The van der Waals surface area contributed by atoms with Crippen LogP contribution in [0.4, 0.5) is 0 Å². The van der Waals surface area contributed by atoms with E-state index < -0.39 is 11.5 Å². The van der Waals surface area contributed by atoms with Crippen molar-refractivity contribution in [3.05, 3.63) is 23.8 Å². The molecule has 0 atom stereocenters. The van der Waals surface area contributed by atoms with E-state index in [2.05, 4.69) is 5.32 Å². The first-order valence-corrected chi connectivity index (χ1v) is 7.64. The van der Waals surface area contributed by atoms with Crippen molar-refractivity contribution < 1.29 is 24.2 Å². The molecule has 0 unspecified atom stereocenters. The molecule has 0 bridgehead atoms. The van der Waals surface area contributed by atoms with E-state index in [0.29, 0.717) is 29.9 Å². The number of nitrogens with one attached hydrogen (secondary N) is 1. The fourth-order valence-electron chi connectivity index (χ4n) is 2.61. The summed E-state index contributed by atoms with van der Waals surface area (Å²) in [7, 11) is 3.06. The Morgan fingerprint density at radius 1 is 1.13 bits per heavy atom. The van der Waals surface area contributed by atoms with Gasteiger partial charge in [-0.3, -0.25) is 9.59 Å². The van der Waals surface area contributed by atoms with E-state index in [-0.39, 0.29) is 18.7 Å². The van der Waals surface area contributed by atoms with E-state index in [1.54, 1.807) is 18.2 Å². The fraction of sp³-hybridized carbons (Fsp3) is 0.529. The zero-order valence-electron chi connectivity index (χ0n) is 14.1. The van der Waals surface area contributed by atoms with Gasteiger partial charge in [-0.15, -0.1) is 0 Å². The Labute approximate surface area is 136 Å². The van der Waals surface area contributed by atoms with Crippen LogP contribution in [0.15, 0.2) is 18.2 Å². The molecular weight excluding hydrogens is 298 g/mol. The molecule has 1 amide bonds. The van der Waals surface area contributed by atoms with Crippen LogP contribution in [0.1, 0.15) is 38.7 Å². The van der Waals surface area contributed by atoms with Gasteiger partial charge in [0.2, 0.25) is 5.91 Å². The number of hydrogen-bond donors (Lipinski definition) is 2. The molecule has 0 aliphatic carbocycles. The largest absolute Gasteiger partial charge is 0.496 e. The summed E-state index contributed by atoms with van der Waals surface area (Å²) in [5.41, 5.74) is -0.0931. The van der Waals surface area contributed by atoms with Crippen molar-refractivity contribution in [3.8, 4) is 11.5 Å². The summed E-state index contributed by atoms with van der Waals surface area (Å²) < 4.78 is 10.6. The lowest BCUT2D eigenvalue weighted by Gasteiger charge is -2.31. The molecule has 0 spiro atoms. The van der Waals surface area contributed by atoms with Crippen LogP contribution in [0.2, 0.25) is 0 Å². The van der Waals surface area contributed by atoms with Crippen molar-refractivity contribution >= 4 is 11.9 Å². The third-order valence-corrected chi connectivity index (χ3v) is 4.11. The number of carboxylic acid groups (broad SMARTS) is 1. The summed E-state index contributed by atoms with van der Waals surface area (Å²) in [6.07, 6.45) is 1.05. The topological polar surface area (TPSA) is 84.9 Å². The molecule has 2 N–H and O–H groups in total.